The molecule has 3 aliphatic rings. The van der Waals surface area contributed by atoms with Crippen molar-refractivity contribution in [3.05, 3.63) is 0 Å². The molecule has 5 nitrogen and oxygen atoms in total. The van der Waals surface area contributed by atoms with E-state index in [2.05, 4.69) is 10.6 Å². The van der Waals surface area contributed by atoms with Crippen LogP contribution in [0.15, 0.2) is 0 Å². The molecule has 0 saturated heterocycles. The van der Waals surface area contributed by atoms with Crippen LogP contribution in [-0.4, -0.2) is 45.0 Å². The molecule has 6 heteroatoms. The van der Waals surface area contributed by atoms with Crippen LogP contribution in [0, 0.1) is 17.8 Å². The molecule has 3 fully saturated rings. The highest BCUT2D eigenvalue weighted by Gasteiger charge is 2.47. The first-order valence-corrected chi connectivity index (χ1v) is 10.6. The molecule has 0 aromatic carbocycles. The summed E-state index contributed by atoms with van der Waals surface area (Å²) in [5, 5.41) is 15.9. The maximum Gasteiger partial charge on any atom is 0.315 e. The Morgan fingerprint density at radius 3 is 2.61 bits per heavy atom. The summed E-state index contributed by atoms with van der Waals surface area (Å²) in [6.07, 6.45) is 7.56. The Hall–Kier alpha value is -0.620. The first kappa shape index (κ1) is 17.2. The van der Waals surface area contributed by atoms with Crippen molar-refractivity contribution in [2.75, 3.05) is 12.4 Å². The van der Waals surface area contributed by atoms with Crippen molar-refractivity contribution >= 4 is 16.8 Å². The minimum absolute atomic E-state index is 0.0238. The van der Waals surface area contributed by atoms with Crippen molar-refractivity contribution in [3.63, 3.8) is 0 Å². The van der Waals surface area contributed by atoms with Gasteiger partial charge in [0.1, 0.15) is 0 Å². The molecule has 2 bridgehead atoms. The topological polar surface area (TPSA) is 78.4 Å². The fourth-order valence-electron chi connectivity index (χ4n) is 5.05. The highest BCUT2D eigenvalue weighted by atomic mass is 32.2. The number of aliphatic hydroxyl groups excluding tert-OH is 1. The quantitative estimate of drug-likeness (QED) is 0.712. The molecule has 3 N–H and O–H groups in total. The Balaban J connectivity index is 1.57. The van der Waals surface area contributed by atoms with E-state index in [1.165, 1.54) is 6.42 Å². The maximum atomic E-state index is 12.5. The highest BCUT2D eigenvalue weighted by molar-refractivity contribution is 7.85. The van der Waals surface area contributed by atoms with E-state index in [0.29, 0.717) is 17.6 Å². The Morgan fingerprint density at radius 2 is 1.87 bits per heavy atom. The molecule has 0 spiro atoms. The summed E-state index contributed by atoms with van der Waals surface area (Å²) in [6, 6.07) is -0.000772. The molecule has 2 amide bonds. The van der Waals surface area contributed by atoms with Crippen molar-refractivity contribution in [2.45, 2.75) is 69.2 Å². The zero-order valence-corrected chi connectivity index (χ0v) is 14.8. The van der Waals surface area contributed by atoms with Crippen molar-refractivity contribution in [2.24, 2.45) is 17.8 Å². The zero-order chi connectivity index (χ0) is 16.4. The van der Waals surface area contributed by atoms with Gasteiger partial charge in [0.25, 0.3) is 0 Å². The highest BCUT2D eigenvalue weighted by Crippen LogP contribution is 2.48. The second kappa shape index (κ2) is 7.51. The number of amides is 2. The summed E-state index contributed by atoms with van der Waals surface area (Å²) in [4.78, 5) is 12.5. The molecule has 0 aromatic rings. The molecule has 0 heterocycles. The summed E-state index contributed by atoms with van der Waals surface area (Å²) in [6.45, 7) is 2.11. The first-order valence-electron chi connectivity index (χ1n) is 9.19. The maximum absolute atomic E-state index is 12.5. The van der Waals surface area contributed by atoms with E-state index >= 15 is 0 Å². The van der Waals surface area contributed by atoms with Gasteiger partial charge in [0, 0.05) is 41.2 Å². The average molecular weight is 343 g/mol. The van der Waals surface area contributed by atoms with Crippen LogP contribution in [0.5, 0.6) is 0 Å². The van der Waals surface area contributed by atoms with Crippen LogP contribution in [0.4, 0.5) is 4.79 Å². The summed E-state index contributed by atoms with van der Waals surface area (Å²) in [5.41, 5.74) is 0. The molecular formula is C17H30N2O3S. The molecule has 7 atom stereocenters. The lowest BCUT2D eigenvalue weighted by Gasteiger charge is -2.34. The second-order valence-corrected chi connectivity index (χ2v) is 9.37. The van der Waals surface area contributed by atoms with Crippen LogP contribution in [0.2, 0.25) is 0 Å². The normalized spacial score (nSPS) is 40.8. The number of nitrogens with one attached hydrogen (secondary N) is 2. The third kappa shape index (κ3) is 3.58. The smallest absolute Gasteiger partial charge is 0.315 e. The van der Waals surface area contributed by atoms with Gasteiger partial charge >= 0.3 is 6.03 Å². The fourth-order valence-corrected chi connectivity index (χ4v) is 6.48. The number of rotatable bonds is 5. The van der Waals surface area contributed by atoms with Crippen molar-refractivity contribution in [1.82, 2.24) is 10.6 Å². The standard InChI is InChI=1S/C17H30N2O3S/c1-2-23(22)15-6-4-3-5-14(15)18-17(21)19-16-12-8-7-11(9-12)13(16)10-20/h11-16,20H,2-10H2,1H3,(H2,18,19,21). The first-order chi connectivity index (χ1) is 11.1. The van der Waals surface area contributed by atoms with Crippen LogP contribution in [0.3, 0.4) is 0 Å². The third-order valence-corrected chi connectivity index (χ3v) is 8.05. The predicted octanol–water partition coefficient (Wildman–Crippen LogP) is 1.77. The summed E-state index contributed by atoms with van der Waals surface area (Å²) >= 11 is 0. The molecule has 0 radical (unpaired) electrons. The number of hydrogen-bond donors (Lipinski definition) is 3. The van der Waals surface area contributed by atoms with Gasteiger partial charge in [-0.25, -0.2) is 4.79 Å². The van der Waals surface area contributed by atoms with Gasteiger partial charge in [0.2, 0.25) is 0 Å². The Labute approximate surface area is 141 Å². The van der Waals surface area contributed by atoms with E-state index in [1.807, 2.05) is 6.92 Å². The van der Waals surface area contributed by atoms with E-state index in [4.69, 9.17) is 0 Å². The van der Waals surface area contributed by atoms with Gasteiger partial charge in [-0.05, 0) is 43.9 Å². The number of urea groups is 1. The van der Waals surface area contributed by atoms with Crippen molar-refractivity contribution in [3.8, 4) is 0 Å². The number of carbonyl (C=O) groups excluding carboxylic acids is 1. The fraction of sp³-hybridized carbons (Fsp3) is 0.941. The van der Waals surface area contributed by atoms with Crippen molar-refractivity contribution < 1.29 is 14.1 Å². The molecule has 7 unspecified atom stereocenters. The molecule has 3 rings (SSSR count). The SMILES string of the molecule is CCS(=O)C1CCCCC1NC(=O)NC1C2CCC(C2)C1CO. The van der Waals surface area contributed by atoms with Crippen LogP contribution in [-0.2, 0) is 10.8 Å². The third-order valence-electron chi connectivity index (χ3n) is 6.24. The van der Waals surface area contributed by atoms with E-state index in [-0.39, 0.29) is 35.9 Å². The zero-order valence-electron chi connectivity index (χ0n) is 14.0. The average Bonchev–Trinajstić information content (AvgIpc) is 3.15. The molecule has 132 valence electrons. The Kier molecular flexibility index (Phi) is 5.62. The molecule has 23 heavy (non-hydrogen) atoms. The van der Waals surface area contributed by atoms with Gasteiger partial charge in [-0.2, -0.15) is 0 Å². The number of hydrogen-bond acceptors (Lipinski definition) is 3. The van der Waals surface area contributed by atoms with E-state index in [1.54, 1.807) is 0 Å². The molecular weight excluding hydrogens is 312 g/mol. The van der Waals surface area contributed by atoms with E-state index in [0.717, 1.165) is 38.5 Å². The molecule has 3 aliphatic carbocycles. The Bertz CT molecular complexity index is 459. The summed E-state index contributed by atoms with van der Waals surface area (Å²) in [5.74, 6) is 1.97. The van der Waals surface area contributed by atoms with E-state index < -0.39 is 10.8 Å². The van der Waals surface area contributed by atoms with Gasteiger partial charge in [-0.1, -0.05) is 19.8 Å². The minimum atomic E-state index is -0.856. The number of carbonyl (C=O) groups is 1. The van der Waals surface area contributed by atoms with Crippen molar-refractivity contribution in [1.29, 1.82) is 0 Å². The van der Waals surface area contributed by atoms with Gasteiger partial charge in [0.15, 0.2) is 0 Å². The molecule has 0 aliphatic heterocycles. The monoisotopic (exact) mass is 342 g/mol. The van der Waals surface area contributed by atoms with Crippen LogP contribution >= 0.6 is 0 Å². The van der Waals surface area contributed by atoms with Gasteiger partial charge in [0.05, 0.1) is 5.25 Å². The predicted molar refractivity (Wildman–Crippen MR) is 91.6 cm³/mol. The van der Waals surface area contributed by atoms with Gasteiger partial charge in [-0.3, -0.25) is 4.21 Å². The lowest BCUT2D eigenvalue weighted by Crippen LogP contribution is -2.54. The second-order valence-electron chi connectivity index (χ2n) is 7.42. The van der Waals surface area contributed by atoms with Crippen LogP contribution < -0.4 is 10.6 Å². The minimum Gasteiger partial charge on any atom is -0.396 e. The number of aliphatic hydroxyl groups is 1. The van der Waals surface area contributed by atoms with E-state index in [9.17, 15) is 14.1 Å². The van der Waals surface area contributed by atoms with Gasteiger partial charge in [-0.15, -0.1) is 0 Å². The lowest BCUT2D eigenvalue weighted by molar-refractivity contribution is 0.143. The van der Waals surface area contributed by atoms with Crippen LogP contribution in [0.1, 0.15) is 51.9 Å². The lowest BCUT2D eigenvalue weighted by atomic mass is 9.85. The van der Waals surface area contributed by atoms with Gasteiger partial charge < -0.3 is 15.7 Å². The summed E-state index contributed by atoms with van der Waals surface area (Å²) in [7, 11) is -0.856. The van der Waals surface area contributed by atoms with Crippen LogP contribution in [0.25, 0.3) is 0 Å². The Morgan fingerprint density at radius 1 is 1.13 bits per heavy atom. The number of fused-ring (bicyclic) bond motifs is 2. The summed E-state index contributed by atoms with van der Waals surface area (Å²) < 4.78 is 12.2. The largest absolute Gasteiger partial charge is 0.396 e. The molecule has 3 saturated carbocycles. The molecule has 0 aromatic heterocycles.